The number of rotatable bonds is 7. The van der Waals surface area contributed by atoms with Crippen LogP contribution in [0.25, 0.3) is 11.1 Å². The van der Waals surface area contributed by atoms with Crippen LogP contribution < -0.4 is 5.32 Å². The van der Waals surface area contributed by atoms with Gasteiger partial charge >= 0.3 is 11.9 Å². The lowest BCUT2D eigenvalue weighted by Crippen LogP contribution is -2.21. The third-order valence-electron chi connectivity index (χ3n) is 4.45. The molecule has 166 valence electrons. The Labute approximate surface area is 194 Å². The van der Waals surface area contributed by atoms with Crippen molar-refractivity contribution in [3.05, 3.63) is 69.3 Å². The fourth-order valence-electron chi connectivity index (χ4n) is 2.97. The fraction of sp³-hybridized carbons (Fsp3) is 0.217. The standard InChI is InChI=1S/C23H21ClN2O5S/c1-4-30-23(29)20-19(15-7-5-13(2)6-8-15)14(3)32-21(20)26-18(27)12-31-22(28)16-9-10-17(24)25-11-16/h5-11H,4,12H2,1-3H3,(H,26,27). The summed E-state index contributed by atoms with van der Waals surface area (Å²) in [6, 6.07) is 10.6. The second kappa shape index (κ2) is 10.4. The molecule has 0 spiro atoms. The van der Waals surface area contributed by atoms with E-state index in [1.54, 1.807) is 6.92 Å². The molecule has 0 unspecified atom stereocenters. The van der Waals surface area contributed by atoms with E-state index in [0.717, 1.165) is 16.0 Å². The number of carbonyl (C=O) groups is 3. The molecule has 0 atom stereocenters. The Morgan fingerprint density at radius 1 is 1.03 bits per heavy atom. The number of aromatic nitrogens is 1. The number of carbonyl (C=O) groups excluding carboxylic acids is 3. The normalized spacial score (nSPS) is 10.5. The van der Waals surface area contributed by atoms with Gasteiger partial charge in [-0.15, -0.1) is 11.3 Å². The number of hydrogen-bond donors (Lipinski definition) is 1. The molecule has 0 bridgehead atoms. The Hall–Kier alpha value is -3.23. The number of halogens is 1. The number of nitrogens with zero attached hydrogens (tertiary/aromatic N) is 1. The van der Waals surface area contributed by atoms with Gasteiger partial charge < -0.3 is 14.8 Å². The maximum Gasteiger partial charge on any atom is 0.341 e. The largest absolute Gasteiger partial charge is 0.462 e. The van der Waals surface area contributed by atoms with Crippen LogP contribution in [0.15, 0.2) is 42.6 Å². The van der Waals surface area contributed by atoms with Gasteiger partial charge in [-0.05, 0) is 38.5 Å². The van der Waals surface area contributed by atoms with Gasteiger partial charge in [0.1, 0.15) is 15.7 Å². The molecule has 0 aliphatic heterocycles. The number of aryl methyl sites for hydroxylation is 2. The quantitative estimate of drug-likeness (QED) is 0.382. The van der Waals surface area contributed by atoms with Crippen molar-refractivity contribution in [2.45, 2.75) is 20.8 Å². The molecule has 3 rings (SSSR count). The minimum Gasteiger partial charge on any atom is -0.462 e. The highest BCUT2D eigenvalue weighted by molar-refractivity contribution is 7.17. The molecule has 0 aliphatic rings. The number of anilines is 1. The Morgan fingerprint density at radius 3 is 2.38 bits per heavy atom. The molecule has 2 heterocycles. The minimum atomic E-state index is -0.711. The summed E-state index contributed by atoms with van der Waals surface area (Å²) in [4.78, 5) is 41.9. The first kappa shape index (κ1) is 23.4. The van der Waals surface area contributed by atoms with Crippen molar-refractivity contribution in [3.63, 3.8) is 0 Å². The molecule has 1 amide bonds. The molecule has 9 heteroatoms. The van der Waals surface area contributed by atoms with Gasteiger partial charge in [0, 0.05) is 16.6 Å². The zero-order chi connectivity index (χ0) is 23.3. The molecule has 3 aromatic rings. The predicted molar refractivity (Wildman–Crippen MR) is 123 cm³/mol. The molecule has 7 nitrogen and oxygen atoms in total. The Morgan fingerprint density at radius 2 is 1.75 bits per heavy atom. The molecule has 0 aliphatic carbocycles. The predicted octanol–water partition coefficient (Wildman–Crippen LogP) is 5.05. The number of pyridine rings is 1. The third kappa shape index (κ3) is 5.52. The van der Waals surface area contributed by atoms with E-state index in [4.69, 9.17) is 21.1 Å². The van der Waals surface area contributed by atoms with E-state index in [1.807, 2.05) is 38.1 Å². The summed E-state index contributed by atoms with van der Waals surface area (Å²) in [6.07, 6.45) is 1.26. The summed E-state index contributed by atoms with van der Waals surface area (Å²) >= 11 is 6.96. The van der Waals surface area contributed by atoms with E-state index in [-0.39, 0.29) is 22.9 Å². The van der Waals surface area contributed by atoms with Crippen LogP contribution in [0, 0.1) is 13.8 Å². The maximum absolute atomic E-state index is 12.7. The topological polar surface area (TPSA) is 94.6 Å². The SMILES string of the molecule is CCOC(=O)c1c(NC(=O)COC(=O)c2ccc(Cl)nc2)sc(C)c1-c1ccc(C)cc1. The van der Waals surface area contributed by atoms with Crippen LogP contribution in [-0.4, -0.2) is 36.0 Å². The summed E-state index contributed by atoms with van der Waals surface area (Å²) in [6.45, 7) is 5.23. The Balaban J connectivity index is 1.80. The lowest BCUT2D eigenvalue weighted by molar-refractivity contribution is -0.119. The van der Waals surface area contributed by atoms with Crippen LogP contribution >= 0.6 is 22.9 Å². The number of ether oxygens (including phenoxy) is 2. The summed E-state index contributed by atoms with van der Waals surface area (Å²) < 4.78 is 10.3. The fourth-order valence-corrected chi connectivity index (χ4v) is 4.16. The van der Waals surface area contributed by atoms with Crippen LogP contribution in [0.3, 0.4) is 0 Å². The molecule has 2 aromatic heterocycles. The average Bonchev–Trinajstić information content (AvgIpc) is 3.08. The summed E-state index contributed by atoms with van der Waals surface area (Å²) in [5.74, 6) is -1.83. The number of hydrogen-bond acceptors (Lipinski definition) is 7. The molecule has 1 aromatic carbocycles. The van der Waals surface area contributed by atoms with E-state index >= 15 is 0 Å². The molecule has 0 radical (unpaired) electrons. The van der Waals surface area contributed by atoms with Gasteiger partial charge in [0.05, 0.1) is 12.2 Å². The summed E-state index contributed by atoms with van der Waals surface area (Å²) in [5, 5.41) is 3.25. The van der Waals surface area contributed by atoms with Crippen LogP contribution in [0.2, 0.25) is 5.15 Å². The van der Waals surface area contributed by atoms with Gasteiger partial charge in [0.2, 0.25) is 0 Å². The molecule has 0 fully saturated rings. The van der Waals surface area contributed by atoms with Gasteiger partial charge in [0.15, 0.2) is 6.61 Å². The van der Waals surface area contributed by atoms with Crippen LogP contribution in [0.1, 0.15) is 38.1 Å². The van der Waals surface area contributed by atoms with Crippen molar-refractivity contribution >= 4 is 45.8 Å². The second-order valence-electron chi connectivity index (χ2n) is 6.82. The van der Waals surface area contributed by atoms with Crippen molar-refractivity contribution in [2.24, 2.45) is 0 Å². The first-order valence-electron chi connectivity index (χ1n) is 9.76. The number of nitrogens with one attached hydrogen (secondary N) is 1. The summed E-state index contributed by atoms with van der Waals surface area (Å²) in [7, 11) is 0. The first-order chi connectivity index (χ1) is 15.3. The smallest absolute Gasteiger partial charge is 0.341 e. The van der Waals surface area contributed by atoms with Gasteiger partial charge in [-0.2, -0.15) is 0 Å². The lowest BCUT2D eigenvalue weighted by atomic mass is 10.0. The van der Waals surface area contributed by atoms with Gasteiger partial charge in [0.25, 0.3) is 5.91 Å². The Bertz CT molecular complexity index is 1140. The molecule has 1 N–H and O–H groups in total. The zero-order valence-corrected chi connectivity index (χ0v) is 19.3. The summed E-state index contributed by atoms with van der Waals surface area (Å²) in [5.41, 5.74) is 3.08. The van der Waals surface area contributed by atoms with E-state index in [1.165, 1.54) is 29.7 Å². The third-order valence-corrected chi connectivity index (χ3v) is 5.70. The van der Waals surface area contributed by atoms with Crippen molar-refractivity contribution in [2.75, 3.05) is 18.5 Å². The number of esters is 2. The van der Waals surface area contributed by atoms with Crippen LogP contribution in [-0.2, 0) is 14.3 Å². The van der Waals surface area contributed by atoms with E-state index < -0.39 is 24.5 Å². The van der Waals surface area contributed by atoms with Gasteiger partial charge in [-0.3, -0.25) is 4.79 Å². The molecule has 32 heavy (non-hydrogen) atoms. The maximum atomic E-state index is 12.7. The monoisotopic (exact) mass is 472 g/mol. The van der Waals surface area contributed by atoms with Crippen molar-refractivity contribution in [3.8, 4) is 11.1 Å². The zero-order valence-electron chi connectivity index (χ0n) is 17.7. The Kier molecular flexibility index (Phi) is 7.61. The van der Waals surface area contributed by atoms with Gasteiger partial charge in [-0.1, -0.05) is 41.4 Å². The molecular formula is C23H21ClN2O5S. The van der Waals surface area contributed by atoms with Gasteiger partial charge in [-0.25, -0.2) is 14.6 Å². The lowest BCUT2D eigenvalue weighted by Gasteiger charge is -2.10. The molecular weight excluding hydrogens is 452 g/mol. The molecule has 0 saturated carbocycles. The number of benzene rings is 1. The highest BCUT2D eigenvalue weighted by Crippen LogP contribution is 2.40. The molecule has 0 saturated heterocycles. The highest BCUT2D eigenvalue weighted by Gasteiger charge is 2.25. The van der Waals surface area contributed by atoms with Crippen molar-refractivity contribution in [1.82, 2.24) is 4.98 Å². The van der Waals surface area contributed by atoms with Crippen LogP contribution in [0.5, 0.6) is 0 Å². The highest BCUT2D eigenvalue weighted by atomic mass is 35.5. The number of amides is 1. The van der Waals surface area contributed by atoms with E-state index in [0.29, 0.717) is 10.6 Å². The van der Waals surface area contributed by atoms with E-state index in [2.05, 4.69) is 10.3 Å². The average molecular weight is 473 g/mol. The van der Waals surface area contributed by atoms with Crippen LogP contribution in [0.4, 0.5) is 5.00 Å². The van der Waals surface area contributed by atoms with E-state index in [9.17, 15) is 14.4 Å². The minimum absolute atomic E-state index is 0.169. The van der Waals surface area contributed by atoms with Crippen molar-refractivity contribution in [1.29, 1.82) is 0 Å². The van der Waals surface area contributed by atoms with Crippen molar-refractivity contribution < 1.29 is 23.9 Å². The second-order valence-corrected chi connectivity index (χ2v) is 8.43. The number of thiophene rings is 1. The first-order valence-corrected chi connectivity index (χ1v) is 11.0.